The van der Waals surface area contributed by atoms with E-state index in [9.17, 15) is 10.1 Å². The normalized spacial score (nSPS) is 16.8. The highest BCUT2D eigenvalue weighted by Crippen LogP contribution is 2.29. The van der Waals surface area contributed by atoms with Gasteiger partial charge >= 0.3 is 0 Å². The molecule has 0 radical (unpaired) electrons. The van der Waals surface area contributed by atoms with Gasteiger partial charge < -0.3 is 5.32 Å². The zero-order valence-corrected chi connectivity index (χ0v) is 12.1. The van der Waals surface area contributed by atoms with E-state index < -0.39 is 11.4 Å². The Balaban J connectivity index is 1.92. The lowest BCUT2D eigenvalue weighted by Gasteiger charge is -2.20. The highest BCUT2D eigenvalue weighted by molar-refractivity contribution is 5.91. The molecule has 0 atom stereocenters. The average molecular weight is 284 g/mol. The van der Waals surface area contributed by atoms with E-state index in [1.165, 1.54) is 4.52 Å². The van der Waals surface area contributed by atoms with Crippen molar-refractivity contribution in [1.82, 2.24) is 24.9 Å². The summed E-state index contributed by atoms with van der Waals surface area (Å²) in [7, 11) is 0. The molecule has 0 spiro atoms. The van der Waals surface area contributed by atoms with Gasteiger partial charge in [-0.15, -0.1) is 5.10 Å². The molecule has 0 saturated heterocycles. The maximum atomic E-state index is 12.3. The van der Waals surface area contributed by atoms with E-state index in [1.54, 1.807) is 0 Å². The molecule has 1 amide bonds. The Hall–Kier alpha value is -2.49. The number of aryl methyl sites for hydroxylation is 2. The van der Waals surface area contributed by atoms with Gasteiger partial charge in [0.1, 0.15) is 5.54 Å². The van der Waals surface area contributed by atoms with E-state index in [0.717, 1.165) is 24.2 Å². The van der Waals surface area contributed by atoms with E-state index in [0.29, 0.717) is 18.6 Å². The van der Waals surface area contributed by atoms with Gasteiger partial charge in [0, 0.05) is 11.4 Å². The monoisotopic (exact) mass is 284 g/mol. The molecular weight excluding hydrogens is 268 g/mol. The topological polar surface area (TPSA) is 96.0 Å². The Morgan fingerprint density at radius 3 is 2.76 bits per heavy atom. The van der Waals surface area contributed by atoms with Crippen LogP contribution < -0.4 is 5.32 Å². The van der Waals surface area contributed by atoms with Crippen LogP contribution in [-0.2, 0) is 0 Å². The van der Waals surface area contributed by atoms with Crippen LogP contribution in [0.1, 0.15) is 47.7 Å². The Bertz CT molecular complexity index is 751. The number of hydrogen-bond acceptors (Lipinski definition) is 5. The molecule has 3 rings (SSSR count). The fraction of sp³-hybridized carbons (Fsp3) is 0.500. The molecule has 108 valence electrons. The van der Waals surface area contributed by atoms with Crippen molar-refractivity contribution in [2.75, 3.05) is 0 Å². The van der Waals surface area contributed by atoms with Crippen LogP contribution in [-0.4, -0.2) is 31.0 Å². The molecule has 0 aliphatic heterocycles. The van der Waals surface area contributed by atoms with Gasteiger partial charge in [0.25, 0.3) is 11.7 Å². The number of carbonyl (C=O) groups is 1. The van der Waals surface area contributed by atoms with E-state index in [1.807, 2.05) is 19.9 Å². The van der Waals surface area contributed by atoms with Gasteiger partial charge in [-0.25, -0.2) is 9.50 Å². The van der Waals surface area contributed by atoms with Crippen LogP contribution in [0.4, 0.5) is 0 Å². The molecule has 1 aliphatic carbocycles. The number of aromatic nitrogens is 4. The molecule has 0 bridgehead atoms. The first kappa shape index (κ1) is 13.5. The summed E-state index contributed by atoms with van der Waals surface area (Å²) in [5.41, 5.74) is 0.913. The van der Waals surface area contributed by atoms with Crippen LogP contribution in [0.15, 0.2) is 6.07 Å². The van der Waals surface area contributed by atoms with E-state index in [2.05, 4.69) is 26.5 Å². The van der Waals surface area contributed by atoms with Gasteiger partial charge in [0.2, 0.25) is 5.82 Å². The summed E-state index contributed by atoms with van der Waals surface area (Å²) in [4.78, 5) is 20.7. The van der Waals surface area contributed by atoms with Gasteiger partial charge in [-0.3, -0.25) is 4.79 Å². The minimum absolute atomic E-state index is 0.0534. The first-order valence-electron chi connectivity index (χ1n) is 6.98. The van der Waals surface area contributed by atoms with Crippen LogP contribution in [0.25, 0.3) is 5.78 Å². The summed E-state index contributed by atoms with van der Waals surface area (Å²) < 4.78 is 1.54. The van der Waals surface area contributed by atoms with Gasteiger partial charge in [-0.05, 0) is 45.6 Å². The summed E-state index contributed by atoms with van der Waals surface area (Å²) in [6.45, 7) is 3.75. The number of nitrogens with one attached hydrogen (secondary N) is 1. The van der Waals surface area contributed by atoms with E-state index in [4.69, 9.17) is 0 Å². The zero-order chi connectivity index (χ0) is 15.0. The van der Waals surface area contributed by atoms with E-state index >= 15 is 0 Å². The molecule has 7 heteroatoms. The molecule has 2 aromatic heterocycles. The third kappa shape index (κ3) is 2.33. The highest BCUT2D eigenvalue weighted by Gasteiger charge is 2.36. The van der Waals surface area contributed by atoms with Crippen LogP contribution in [0, 0.1) is 25.2 Å². The second kappa shape index (κ2) is 4.81. The molecule has 1 N–H and O–H groups in total. The SMILES string of the molecule is Cc1cc(C)n2nc(C(=O)NC3(C#N)CCCC3)nc2n1. The molecular formula is C14H16N6O. The smallest absolute Gasteiger partial charge is 0.292 e. The average Bonchev–Trinajstić information content (AvgIpc) is 3.05. The van der Waals surface area contributed by atoms with Crippen molar-refractivity contribution in [3.05, 3.63) is 23.3 Å². The lowest BCUT2D eigenvalue weighted by Crippen LogP contribution is -2.45. The minimum atomic E-state index is -0.771. The standard InChI is InChI=1S/C14H16N6O/c1-9-7-10(2)20-13(16-9)17-11(19-20)12(21)18-14(8-15)5-3-4-6-14/h7H,3-6H2,1-2H3,(H,18,21). The van der Waals surface area contributed by atoms with Crippen LogP contribution in [0.3, 0.4) is 0 Å². The minimum Gasteiger partial charge on any atom is -0.331 e. The summed E-state index contributed by atoms with van der Waals surface area (Å²) >= 11 is 0. The lowest BCUT2D eigenvalue weighted by molar-refractivity contribution is 0.0910. The van der Waals surface area contributed by atoms with Crippen molar-refractivity contribution in [2.45, 2.75) is 45.1 Å². The van der Waals surface area contributed by atoms with Crippen molar-refractivity contribution in [2.24, 2.45) is 0 Å². The molecule has 0 unspecified atom stereocenters. The molecule has 1 fully saturated rings. The highest BCUT2D eigenvalue weighted by atomic mass is 16.2. The number of nitriles is 1. The summed E-state index contributed by atoms with van der Waals surface area (Å²) in [6.07, 6.45) is 3.26. The van der Waals surface area contributed by atoms with Crippen LogP contribution >= 0.6 is 0 Å². The number of carbonyl (C=O) groups excluding carboxylic acids is 1. The fourth-order valence-corrected chi connectivity index (χ4v) is 2.78. The Morgan fingerprint density at radius 1 is 1.38 bits per heavy atom. The third-order valence-corrected chi connectivity index (χ3v) is 3.85. The number of rotatable bonds is 2. The molecule has 7 nitrogen and oxygen atoms in total. The maximum Gasteiger partial charge on any atom is 0.292 e. The van der Waals surface area contributed by atoms with Crippen molar-refractivity contribution in [1.29, 1.82) is 5.26 Å². The first-order valence-corrected chi connectivity index (χ1v) is 6.98. The van der Waals surface area contributed by atoms with Crippen molar-refractivity contribution >= 4 is 11.7 Å². The molecule has 2 aromatic rings. The van der Waals surface area contributed by atoms with Gasteiger partial charge in [-0.1, -0.05) is 0 Å². The number of hydrogen-bond donors (Lipinski definition) is 1. The second-order valence-corrected chi connectivity index (χ2v) is 5.54. The van der Waals surface area contributed by atoms with Crippen molar-refractivity contribution in [3.63, 3.8) is 0 Å². The van der Waals surface area contributed by atoms with E-state index in [-0.39, 0.29) is 5.82 Å². The van der Waals surface area contributed by atoms with Gasteiger partial charge in [0.05, 0.1) is 6.07 Å². The Labute approximate surface area is 122 Å². The molecule has 1 aliphatic rings. The van der Waals surface area contributed by atoms with Crippen molar-refractivity contribution in [3.8, 4) is 6.07 Å². The molecule has 0 aromatic carbocycles. The maximum absolute atomic E-state index is 12.3. The predicted octanol–water partition coefficient (Wildman–Crippen LogP) is 1.31. The number of fused-ring (bicyclic) bond motifs is 1. The first-order chi connectivity index (χ1) is 10.0. The number of amides is 1. The van der Waals surface area contributed by atoms with Crippen molar-refractivity contribution < 1.29 is 4.79 Å². The summed E-state index contributed by atoms with van der Waals surface area (Å²) in [5, 5.41) is 16.3. The number of nitrogens with zero attached hydrogens (tertiary/aromatic N) is 5. The van der Waals surface area contributed by atoms with Crippen LogP contribution in [0.5, 0.6) is 0 Å². The quantitative estimate of drug-likeness (QED) is 0.896. The van der Waals surface area contributed by atoms with Gasteiger partial charge in [0.15, 0.2) is 0 Å². The van der Waals surface area contributed by atoms with Crippen LogP contribution in [0.2, 0.25) is 0 Å². The van der Waals surface area contributed by atoms with Gasteiger partial charge in [-0.2, -0.15) is 10.2 Å². The molecule has 21 heavy (non-hydrogen) atoms. The largest absolute Gasteiger partial charge is 0.331 e. The fourth-order valence-electron chi connectivity index (χ4n) is 2.78. The Kier molecular flexibility index (Phi) is 3.09. The predicted molar refractivity (Wildman–Crippen MR) is 74.5 cm³/mol. The molecule has 2 heterocycles. The molecule has 1 saturated carbocycles. The summed E-state index contributed by atoms with van der Waals surface area (Å²) in [5.74, 6) is 0.0359. The second-order valence-electron chi connectivity index (χ2n) is 5.54. The summed E-state index contributed by atoms with van der Waals surface area (Å²) in [6, 6.07) is 4.09. The lowest BCUT2D eigenvalue weighted by atomic mass is 10.00. The third-order valence-electron chi connectivity index (χ3n) is 3.85. The Morgan fingerprint density at radius 2 is 2.10 bits per heavy atom. The zero-order valence-electron chi connectivity index (χ0n) is 12.1.